The van der Waals surface area contributed by atoms with Crippen LogP contribution < -0.4 is 4.90 Å². The summed E-state index contributed by atoms with van der Waals surface area (Å²) in [4.78, 5) is 17.4. The molecule has 7 heteroatoms. The third-order valence-corrected chi connectivity index (χ3v) is 3.43. The Labute approximate surface area is 123 Å². The molecule has 0 bridgehead atoms. The van der Waals surface area contributed by atoms with Crippen molar-refractivity contribution < 1.29 is 18.0 Å². The summed E-state index contributed by atoms with van der Waals surface area (Å²) in [5.74, 6) is -0.845. The zero-order valence-corrected chi connectivity index (χ0v) is 11.0. The van der Waals surface area contributed by atoms with Crippen LogP contribution in [0.5, 0.6) is 0 Å². The Morgan fingerprint density at radius 2 is 2.00 bits per heavy atom. The molecule has 0 fully saturated rings. The molecule has 3 rings (SSSR count). The molecule has 0 N–H and O–H groups in total. The van der Waals surface area contributed by atoms with Crippen molar-refractivity contribution in [3.63, 3.8) is 0 Å². The van der Waals surface area contributed by atoms with Gasteiger partial charge in [-0.2, -0.15) is 18.4 Å². The average Bonchev–Trinajstić information content (AvgIpc) is 2.79. The summed E-state index contributed by atoms with van der Waals surface area (Å²) in [5, 5.41) is 9.31. The van der Waals surface area contributed by atoms with Gasteiger partial charge in [0.1, 0.15) is 0 Å². The lowest BCUT2D eigenvalue weighted by Gasteiger charge is -2.19. The number of carbonyl (C=O) groups excluding carboxylic acids is 1. The van der Waals surface area contributed by atoms with Crippen LogP contribution in [0.25, 0.3) is 0 Å². The monoisotopic (exact) mass is 303 g/mol. The van der Waals surface area contributed by atoms with Gasteiger partial charge in [-0.1, -0.05) is 12.1 Å². The summed E-state index contributed by atoms with van der Waals surface area (Å²) < 4.78 is 39.3. The topological polar surface area (TPSA) is 57.0 Å². The molecule has 1 aliphatic rings. The van der Waals surface area contributed by atoms with Crippen molar-refractivity contribution in [3.05, 3.63) is 59.4 Å². The van der Waals surface area contributed by atoms with Crippen molar-refractivity contribution >= 4 is 11.6 Å². The minimum Gasteiger partial charge on any atom is -0.286 e. The van der Waals surface area contributed by atoms with Gasteiger partial charge in [0.05, 0.1) is 29.1 Å². The van der Waals surface area contributed by atoms with Gasteiger partial charge in [0.2, 0.25) is 0 Å². The number of anilines is 1. The number of fused-ring (bicyclic) bond motifs is 1. The van der Waals surface area contributed by atoms with Crippen LogP contribution in [-0.2, 0) is 6.18 Å². The highest BCUT2D eigenvalue weighted by atomic mass is 19.4. The zero-order chi connectivity index (χ0) is 15.9. The third-order valence-electron chi connectivity index (χ3n) is 3.43. The van der Waals surface area contributed by atoms with E-state index in [0.717, 1.165) is 11.0 Å². The third kappa shape index (κ3) is 2.00. The summed E-state index contributed by atoms with van der Waals surface area (Å²) in [6.45, 7) is 0. The van der Waals surface area contributed by atoms with Gasteiger partial charge in [-0.3, -0.25) is 14.7 Å². The highest BCUT2D eigenvalue weighted by Crippen LogP contribution is 2.42. The lowest BCUT2D eigenvalue weighted by molar-refractivity contribution is -0.137. The van der Waals surface area contributed by atoms with Crippen molar-refractivity contribution in [2.24, 2.45) is 0 Å². The Morgan fingerprint density at radius 1 is 1.23 bits per heavy atom. The smallest absolute Gasteiger partial charge is 0.286 e. The molecule has 0 radical (unpaired) electrons. The summed E-state index contributed by atoms with van der Waals surface area (Å²) in [5.41, 5.74) is -1.15. The van der Waals surface area contributed by atoms with E-state index in [1.807, 2.05) is 6.07 Å². The van der Waals surface area contributed by atoms with Gasteiger partial charge < -0.3 is 0 Å². The lowest BCUT2D eigenvalue weighted by Crippen LogP contribution is -2.27. The van der Waals surface area contributed by atoms with Crippen molar-refractivity contribution in [3.8, 4) is 6.07 Å². The molecular formula is C15H8F3N3O. The largest absolute Gasteiger partial charge is 0.417 e. The molecule has 2 aromatic rings. The number of benzene rings is 1. The SMILES string of the molecule is N#CC1c2cccc(C(F)(F)F)c2C(=O)N1c1cccnc1. The Bertz CT molecular complexity index is 781. The number of carbonyl (C=O) groups is 1. The number of pyridine rings is 1. The summed E-state index contributed by atoms with van der Waals surface area (Å²) in [6, 6.07) is 7.27. The van der Waals surface area contributed by atoms with E-state index in [-0.39, 0.29) is 11.3 Å². The van der Waals surface area contributed by atoms with Crippen LogP contribution in [0.2, 0.25) is 0 Å². The Balaban J connectivity index is 2.21. The molecule has 2 heterocycles. The number of aromatic nitrogens is 1. The normalized spacial score (nSPS) is 17.3. The van der Waals surface area contributed by atoms with Crippen molar-refractivity contribution in [2.45, 2.75) is 12.2 Å². The number of hydrogen-bond donors (Lipinski definition) is 0. The number of alkyl halides is 3. The number of hydrogen-bond acceptors (Lipinski definition) is 3. The quantitative estimate of drug-likeness (QED) is 0.812. The molecule has 0 spiro atoms. The van der Waals surface area contributed by atoms with E-state index in [9.17, 15) is 23.2 Å². The molecule has 0 saturated heterocycles. The molecular weight excluding hydrogens is 295 g/mol. The van der Waals surface area contributed by atoms with Gasteiger partial charge in [0.25, 0.3) is 5.91 Å². The Hall–Kier alpha value is -2.88. The van der Waals surface area contributed by atoms with Crippen LogP contribution >= 0.6 is 0 Å². The van der Waals surface area contributed by atoms with Gasteiger partial charge in [-0.25, -0.2) is 0 Å². The minimum absolute atomic E-state index is 0.0613. The molecule has 1 unspecified atom stereocenters. The average molecular weight is 303 g/mol. The van der Waals surface area contributed by atoms with Gasteiger partial charge >= 0.3 is 6.18 Å². The predicted octanol–water partition coefficient (Wildman–Crippen LogP) is 3.33. The van der Waals surface area contributed by atoms with Crippen LogP contribution in [0, 0.1) is 11.3 Å². The fourth-order valence-electron chi connectivity index (χ4n) is 2.54. The van der Waals surface area contributed by atoms with Crippen LogP contribution in [0.4, 0.5) is 18.9 Å². The molecule has 0 aliphatic carbocycles. The number of halogens is 3. The van der Waals surface area contributed by atoms with Gasteiger partial charge in [0.15, 0.2) is 6.04 Å². The Kier molecular flexibility index (Phi) is 3.10. The maximum Gasteiger partial charge on any atom is 0.417 e. The molecule has 1 aliphatic heterocycles. The van der Waals surface area contributed by atoms with Gasteiger partial charge in [-0.15, -0.1) is 0 Å². The van der Waals surface area contributed by atoms with Crippen LogP contribution in [-0.4, -0.2) is 10.9 Å². The highest BCUT2D eigenvalue weighted by Gasteiger charge is 2.45. The zero-order valence-electron chi connectivity index (χ0n) is 11.0. The van der Waals surface area contributed by atoms with E-state index in [0.29, 0.717) is 0 Å². The maximum absolute atomic E-state index is 13.1. The maximum atomic E-state index is 13.1. The van der Waals surface area contributed by atoms with E-state index in [1.54, 1.807) is 6.07 Å². The first kappa shape index (κ1) is 14.1. The van der Waals surface area contributed by atoms with E-state index < -0.39 is 29.3 Å². The minimum atomic E-state index is -4.66. The van der Waals surface area contributed by atoms with E-state index >= 15 is 0 Å². The van der Waals surface area contributed by atoms with E-state index in [4.69, 9.17) is 0 Å². The highest BCUT2D eigenvalue weighted by molar-refractivity contribution is 6.12. The number of nitriles is 1. The second-order valence-electron chi connectivity index (χ2n) is 4.69. The van der Waals surface area contributed by atoms with Crippen molar-refractivity contribution in [2.75, 3.05) is 4.90 Å². The molecule has 4 nitrogen and oxygen atoms in total. The van der Waals surface area contributed by atoms with Gasteiger partial charge in [-0.05, 0) is 18.2 Å². The van der Waals surface area contributed by atoms with Gasteiger partial charge in [0, 0.05) is 11.8 Å². The molecule has 0 saturated carbocycles. The van der Waals surface area contributed by atoms with E-state index in [2.05, 4.69) is 4.98 Å². The van der Waals surface area contributed by atoms with E-state index in [1.165, 1.54) is 30.6 Å². The van der Waals surface area contributed by atoms with Crippen molar-refractivity contribution in [1.82, 2.24) is 4.98 Å². The predicted molar refractivity (Wildman–Crippen MR) is 70.8 cm³/mol. The fraction of sp³-hybridized carbons (Fsp3) is 0.133. The Morgan fingerprint density at radius 3 is 2.59 bits per heavy atom. The molecule has 110 valence electrons. The molecule has 1 aromatic carbocycles. The van der Waals surface area contributed by atoms with Crippen molar-refractivity contribution in [1.29, 1.82) is 5.26 Å². The molecule has 22 heavy (non-hydrogen) atoms. The van der Waals surface area contributed by atoms with Crippen LogP contribution in [0.1, 0.15) is 27.5 Å². The second kappa shape index (κ2) is 4.84. The molecule has 1 atom stereocenters. The standard InChI is InChI=1S/C15H8F3N3O/c16-15(17,18)11-5-1-4-10-12(7-19)21(14(22)13(10)11)9-3-2-6-20-8-9/h1-6,8,12H. The van der Waals surface area contributed by atoms with Crippen LogP contribution in [0.15, 0.2) is 42.7 Å². The summed E-state index contributed by atoms with van der Waals surface area (Å²) in [6.07, 6.45) is -1.85. The first-order chi connectivity index (χ1) is 10.4. The number of amides is 1. The number of rotatable bonds is 1. The fourth-order valence-corrected chi connectivity index (χ4v) is 2.54. The van der Waals surface area contributed by atoms with Crippen LogP contribution in [0.3, 0.4) is 0 Å². The second-order valence-corrected chi connectivity index (χ2v) is 4.69. The summed E-state index contributed by atoms with van der Waals surface area (Å²) in [7, 11) is 0. The summed E-state index contributed by atoms with van der Waals surface area (Å²) >= 11 is 0. The molecule has 1 aromatic heterocycles. The number of nitrogens with zero attached hydrogens (tertiary/aromatic N) is 3. The molecule has 1 amide bonds. The first-order valence-electron chi connectivity index (χ1n) is 6.28. The first-order valence-corrected chi connectivity index (χ1v) is 6.28. The lowest BCUT2D eigenvalue weighted by atomic mass is 10.00.